The number of fused-ring (bicyclic) bond motifs is 1. The Morgan fingerprint density at radius 3 is 2.76 bits per heavy atom. The molecule has 3 aromatic rings. The van der Waals surface area contributed by atoms with Crippen molar-refractivity contribution in [2.75, 3.05) is 5.88 Å². The molecular weight excluding hydrogens is 298 g/mol. The summed E-state index contributed by atoms with van der Waals surface area (Å²) in [4.78, 5) is 4.32. The highest BCUT2D eigenvalue weighted by Gasteiger charge is 2.17. The van der Waals surface area contributed by atoms with Crippen LogP contribution in [0.1, 0.15) is 11.5 Å². The van der Waals surface area contributed by atoms with E-state index in [9.17, 15) is 8.78 Å². The fourth-order valence-electron chi connectivity index (χ4n) is 2.23. The number of imidazole rings is 1. The molecule has 0 saturated carbocycles. The monoisotopic (exact) mass is 308 g/mol. The fourth-order valence-corrected chi connectivity index (χ4v) is 2.40. The lowest BCUT2D eigenvalue weighted by molar-refractivity contribution is 0.511. The molecular formula is C14H11ClF2N4. The van der Waals surface area contributed by atoms with Gasteiger partial charge < -0.3 is 4.57 Å². The van der Waals surface area contributed by atoms with Crippen LogP contribution in [0, 0.1) is 11.6 Å². The topological polar surface area (TPSA) is 43.6 Å². The minimum Gasteiger partial charge on any atom is -0.319 e. The first-order valence-corrected chi connectivity index (χ1v) is 6.90. The van der Waals surface area contributed by atoms with Crippen molar-refractivity contribution in [2.24, 2.45) is 0 Å². The predicted octanol–water partition coefficient (Wildman–Crippen LogP) is 2.93. The lowest BCUT2D eigenvalue weighted by Gasteiger charge is -2.08. The Labute approximate surface area is 124 Å². The molecule has 3 rings (SSSR count). The van der Waals surface area contributed by atoms with Gasteiger partial charge in [0.2, 0.25) is 0 Å². The minimum atomic E-state index is -0.912. The highest BCUT2D eigenvalue weighted by Crippen LogP contribution is 2.23. The standard InChI is InChI=1S/C14H11ClF2N4/c15-6-5-12-19-11-4-3-10(16)13(17)14(11)21(12)8-9-2-1-7-18-20-9/h1-4,7H,5-6,8H2. The summed E-state index contributed by atoms with van der Waals surface area (Å²) in [6, 6.07) is 6.03. The summed E-state index contributed by atoms with van der Waals surface area (Å²) >= 11 is 5.76. The maximum absolute atomic E-state index is 14.1. The highest BCUT2D eigenvalue weighted by molar-refractivity contribution is 6.17. The van der Waals surface area contributed by atoms with E-state index in [-0.39, 0.29) is 12.1 Å². The third-order valence-corrected chi connectivity index (χ3v) is 3.33. The van der Waals surface area contributed by atoms with Gasteiger partial charge in [-0.2, -0.15) is 10.2 Å². The van der Waals surface area contributed by atoms with E-state index in [0.29, 0.717) is 29.3 Å². The largest absolute Gasteiger partial charge is 0.319 e. The molecule has 2 aromatic heterocycles. The second kappa shape index (κ2) is 5.73. The molecule has 0 unspecified atom stereocenters. The Hall–Kier alpha value is -2.08. The second-order valence-electron chi connectivity index (χ2n) is 4.50. The molecule has 1 aromatic carbocycles. The third kappa shape index (κ3) is 2.58. The highest BCUT2D eigenvalue weighted by atomic mass is 35.5. The predicted molar refractivity (Wildman–Crippen MR) is 75.2 cm³/mol. The van der Waals surface area contributed by atoms with E-state index in [1.165, 1.54) is 6.07 Å². The van der Waals surface area contributed by atoms with Crippen LogP contribution in [0.2, 0.25) is 0 Å². The van der Waals surface area contributed by atoms with Gasteiger partial charge in [0.05, 0.1) is 17.8 Å². The van der Waals surface area contributed by atoms with Crippen molar-refractivity contribution in [1.29, 1.82) is 0 Å². The average molecular weight is 309 g/mol. The van der Waals surface area contributed by atoms with E-state index in [1.807, 2.05) is 0 Å². The number of hydrogen-bond acceptors (Lipinski definition) is 3. The summed E-state index contributed by atoms with van der Waals surface area (Å²) < 4.78 is 29.2. The van der Waals surface area contributed by atoms with Crippen molar-refractivity contribution in [3.8, 4) is 0 Å². The Balaban J connectivity index is 2.17. The van der Waals surface area contributed by atoms with E-state index in [2.05, 4.69) is 15.2 Å². The van der Waals surface area contributed by atoms with Crippen LogP contribution in [0.3, 0.4) is 0 Å². The van der Waals surface area contributed by atoms with Gasteiger partial charge in [-0.25, -0.2) is 13.8 Å². The van der Waals surface area contributed by atoms with Crippen molar-refractivity contribution < 1.29 is 8.78 Å². The first-order chi connectivity index (χ1) is 10.2. The molecule has 0 radical (unpaired) electrons. The second-order valence-corrected chi connectivity index (χ2v) is 4.88. The number of benzene rings is 1. The minimum absolute atomic E-state index is 0.126. The van der Waals surface area contributed by atoms with Gasteiger partial charge in [0.15, 0.2) is 11.6 Å². The van der Waals surface area contributed by atoms with Crippen molar-refractivity contribution >= 4 is 22.6 Å². The number of rotatable bonds is 4. The fraction of sp³-hybridized carbons (Fsp3) is 0.214. The summed E-state index contributed by atoms with van der Waals surface area (Å²) in [6.45, 7) is 0.261. The Bertz CT molecular complexity index is 773. The number of nitrogens with zero attached hydrogens (tertiary/aromatic N) is 4. The molecule has 108 valence electrons. The molecule has 0 atom stereocenters. The van der Waals surface area contributed by atoms with E-state index in [4.69, 9.17) is 11.6 Å². The van der Waals surface area contributed by atoms with E-state index in [0.717, 1.165) is 6.07 Å². The van der Waals surface area contributed by atoms with Crippen LogP contribution in [0.15, 0.2) is 30.5 Å². The number of hydrogen-bond donors (Lipinski definition) is 0. The van der Waals surface area contributed by atoms with Crippen LogP contribution in [0.4, 0.5) is 8.78 Å². The van der Waals surface area contributed by atoms with Gasteiger partial charge in [0.1, 0.15) is 11.3 Å². The average Bonchev–Trinajstić information content (AvgIpc) is 2.83. The van der Waals surface area contributed by atoms with Crippen LogP contribution in [-0.4, -0.2) is 25.6 Å². The SMILES string of the molecule is Fc1ccc2nc(CCCl)n(Cc3cccnn3)c2c1F. The van der Waals surface area contributed by atoms with Gasteiger partial charge in [-0.3, -0.25) is 0 Å². The molecule has 0 saturated heterocycles. The van der Waals surface area contributed by atoms with E-state index < -0.39 is 11.6 Å². The number of alkyl halides is 1. The number of aryl methyl sites for hydroxylation is 1. The molecule has 0 bridgehead atoms. The first-order valence-electron chi connectivity index (χ1n) is 6.36. The van der Waals surface area contributed by atoms with Crippen LogP contribution in [0.5, 0.6) is 0 Å². The summed E-state index contributed by atoms with van der Waals surface area (Å²) in [6.07, 6.45) is 2.01. The van der Waals surface area contributed by atoms with Crippen LogP contribution in [0.25, 0.3) is 11.0 Å². The maximum atomic E-state index is 14.1. The van der Waals surface area contributed by atoms with Gasteiger partial charge in [-0.15, -0.1) is 11.6 Å². The quantitative estimate of drug-likeness (QED) is 0.696. The molecule has 0 fully saturated rings. The zero-order valence-corrected chi connectivity index (χ0v) is 11.7. The van der Waals surface area contributed by atoms with Gasteiger partial charge in [0, 0.05) is 18.5 Å². The Morgan fingerprint density at radius 1 is 1.19 bits per heavy atom. The zero-order valence-electron chi connectivity index (χ0n) is 10.9. The van der Waals surface area contributed by atoms with Crippen molar-refractivity contribution in [3.63, 3.8) is 0 Å². The molecule has 0 aliphatic carbocycles. The lowest BCUT2D eigenvalue weighted by atomic mass is 10.3. The van der Waals surface area contributed by atoms with Gasteiger partial charge in [-0.05, 0) is 24.3 Å². The maximum Gasteiger partial charge on any atom is 0.184 e. The summed E-state index contributed by atoms with van der Waals surface area (Å²) in [7, 11) is 0. The number of halogens is 3. The first kappa shape index (κ1) is 13.9. The van der Waals surface area contributed by atoms with Crippen molar-refractivity contribution in [1.82, 2.24) is 19.7 Å². The molecule has 7 heteroatoms. The normalized spacial score (nSPS) is 11.2. The van der Waals surface area contributed by atoms with Crippen molar-refractivity contribution in [3.05, 3.63) is 53.6 Å². The molecule has 0 aliphatic heterocycles. The summed E-state index contributed by atoms with van der Waals surface area (Å²) in [5.74, 6) is -0.881. The van der Waals surface area contributed by atoms with Crippen LogP contribution < -0.4 is 0 Å². The van der Waals surface area contributed by atoms with Gasteiger partial charge in [0.25, 0.3) is 0 Å². The number of aromatic nitrogens is 4. The van der Waals surface area contributed by atoms with Crippen LogP contribution in [-0.2, 0) is 13.0 Å². The molecule has 0 spiro atoms. The van der Waals surface area contributed by atoms with Crippen LogP contribution >= 0.6 is 11.6 Å². The molecule has 0 N–H and O–H groups in total. The van der Waals surface area contributed by atoms with Gasteiger partial charge in [-0.1, -0.05) is 0 Å². The molecule has 0 aliphatic rings. The molecule has 2 heterocycles. The van der Waals surface area contributed by atoms with E-state index in [1.54, 1.807) is 22.9 Å². The molecule has 21 heavy (non-hydrogen) atoms. The van der Waals surface area contributed by atoms with Crippen molar-refractivity contribution in [2.45, 2.75) is 13.0 Å². The molecule has 0 amide bonds. The molecule has 4 nitrogen and oxygen atoms in total. The third-order valence-electron chi connectivity index (χ3n) is 3.14. The zero-order chi connectivity index (χ0) is 14.8. The van der Waals surface area contributed by atoms with Gasteiger partial charge >= 0.3 is 0 Å². The Morgan fingerprint density at radius 2 is 2.05 bits per heavy atom. The lowest BCUT2D eigenvalue weighted by Crippen LogP contribution is -2.08. The summed E-state index contributed by atoms with van der Waals surface area (Å²) in [5.41, 5.74) is 1.16. The Kier molecular flexibility index (Phi) is 3.79. The smallest absolute Gasteiger partial charge is 0.184 e. The van der Waals surface area contributed by atoms with E-state index >= 15 is 0 Å². The summed E-state index contributed by atoms with van der Waals surface area (Å²) in [5, 5.41) is 7.75.